The Morgan fingerprint density at radius 3 is 2.03 bits per heavy atom. The lowest BCUT2D eigenvalue weighted by Gasteiger charge is -2.38. The third kappa shape index (κ3) is 7.45. The minimum absolute atomic E-state index is 0.0335. The van der Waals surface area contributed by atoms with Crippen LogP contribution in [0.4, 0.5) is 0 Å². The summed E-state index contributed by atoms with van der Waals surface area (Å²) in [6, 6.07) is 37.7. The topological polar surface area (TPSA) is 87.5 Å². The van der Waals surface area contributed by atoms with Crippen LogP contribution >= 0.6 is 0 Å². The van der Waals surface area contributed by atoms with E-state index in [0.717, 1.165) is 82.9 Å². The Morgan fingerprint density at radius 1 is 0.695 bits per heavy atom. The van der Waals surface area contributed by atoms with Crippen molar-refractivity contribution < 1.29 is 0 Å². The van der Waals surface area contributed by atoms with Gasteiger partial charge in [-0.2, -0.15) is 0 Å². The smallest absolute Gasteiger partial charge is 0.163 e. The van der Waals surface area contributed by atoms with Gasteiger partial charge < -0.3 is 10.6 Å². The molecule has 2 aliphatic heterocycles. The van der Waals surface area contributed by atoms with Crippen molar-refractivity contribution in [3.05, 3.63) is 202 Å². The normalized spacial score (nSPS) is 22.1. The molecule has 0 amide bonds. The van der Waals surface area contributed by atoms with Gasteiger partial charge in [0.25, 0.3) is 0 Å². The lowest BCUT2D eigenvalue weighted by atomic mass is 9.77. The Labute approximate surface area is 346 Å². The number of benzene rings is 4. The molecule has 3 heterocycles. The van der Waals surface area contributed by atoms with Crippen LogP contribution in [0.2, 0.25) is 0 Å². The fourth-order valence-corrected chi connectivity index (χ4v) is 8.86. The van der Waals surface area contributed by atoms with Gasteiger partial charge in [-0.3, -0.25) is 9.98 Å². The summed E-state index contributed by atoms with van der Waals surface area (Å²) < 4.78 is 0. The molecule has 7 heteroatoms. The molecular weight excluding hydrogens is 723 g/mol. The minimum Gasteiger partial charge on any atom is -0.343 e. The second kappa shape index (κ2) is 15.6. The molecular formula is C52H47N7. The number of amidine groups is 2. The van der Waals surface area contributed by atoms with Crippen molar-refractivity contribution in [2.24, 2.45) is 15.9 Å². The number of hydrogen-bond acceptors (Lipinski definition) is 7. The first kappa shape index (κ1) is 36.6. The highest BCUT2D eigenvalue weighted by Gasteiger charge is 2.37. The Bertz CT molecular complexity index is 2620. The standard InChI is InChI=1S/C52H47N7/c1-34-27-28-52(2)43(29-34)47(37-19-9-4-10-20-37)57-51(59-52)41-31-35(32-45-54-48(38-21-11-5-12-22-38)58-49(55-45)39-23-13-6-14-24-39)30-40(33-41)50-53-44-26-16-15-25-42(44)46(56-50)36-17-7-3-8-18-36/h3-7,9-15,17,19-25,27-28,30-31,33-34,46H,8,16,18,26,29,32H2,1-2H3,(H,53,56)(H,57,59). The van der Waals surface area contributed by atoms with Crippen LogP contribution in [0, 0.1) is 5.92 Å². The Kier molecular flexibility index (Phi) is 9.65. The van der Waals surface area contributed by atoms with Gasteiger partial charge >= 0.3 is 0 Å². The summed E-state index contributed by atoms with van der Waals surface area (Å²) in [5.74, 6) is 4.14. The SMILES string of the molecule is CC1C=CC2(C)N=C(c3cc(Cc4nc(-c5ccccc5)nc(-c5ccccc5)n4)cc(C4=NC(C5=CC=CCC5)C5=C(CCC=C5)N4)c3)NC(c3ccccc3)=C2C1. The van der Waals surface area contributed by atoms with Gasteiger partial charge in [0.2, 0.25) is 0 Å². The van der Waals surface area contributed by atoms with Gasteiger partial charge in [0, 0.05) is 40.1 Å². The first-order valence-corrected chi connectivity index (χ1v) is 20.9. The highest BCUT2D eigenvalue weighted by atomic mass is 15.1. The van der Waals surface area contributed by atoms with E-state index in [0.29, 0.717) is 29.8 Å². The van der Waals surface area contributed by atoms with Crippen LogP contribution in [0.15, 0.2) is 184 Å². The van der Waals surface area contributed by atoms with Crippen LogP contribution < -0.4 is 10.6 Å². The fourth-order valence-electron chi connectivity index (χ4n) is 8.86. The molecule has 7 nitrogen and oxygen atoms in total. The molecule has 1 aromatic heterocycles. The number of hydrogen-bond donors (Lipinski definition) is 2. The summed E-state index contributed by atoms with van der Waals surface area (Å²) in [7, 11) is 0. The summed E-state index contributed by atoms with van der Waals surface area (Å²) in [4.78, 5) is 26.2. The molecule has 3 atom stereocenters. The highest BCUT2D eigenvalue weighted by molar-refractivity contribution is 6.09. The highest BCUT2D eigenvalue weighted by Crippen LogP contribution is 2.41. The average Bonchev–Trinajstić information content (AvgIpc) is 3.29. The fraction of sp³-hybridized carbons (Fsp3) is 0.212. The molecule has 5 aromatic rings. The van der Waals surface area contributed by atoms with Crippen molar-refractivity contribution in [2.45, 2.75) is 64.0 Å². The zero-order valence-corrected chi connectivity index (χ0v) is 33.6. The van der Waals surface area contributed by atoms with Crippen LogP contribution in [-0.2, 0) is 6.42 Å². The zero-order chi connectivity index (χ0) is 39.8. The van der Waals surface area contributed by atoms with Gasteiger partial charge in [-0.1, -0.05) is 140 Å². The molecule has 0 saturated heterocycles. The first-order valence-electron chi connectivity index (χ1n) is 20.9. The van der Waals surface area contributed by atoms with Crippen LogP contribution in [0.5, 0.6) is 0 Å². The number of allylic oxidation sites excluding steroid dienone is 6. The largest absolute Gasteiger partial charge is 0.343 e. The molecule has 0 saturated carbocycles. The lowest BCUT2D eigenvalue weighted by Crippen LogP contribution is -2.40. The third-order valence-electron chi connectivity index (χ3n) is 11.9. The van der Waals surface area contributed by atoms with Gasteiger partial charge in [-0.25, -0.2) is 15.0 Å². The van der Waals surface area contributed by atoms with E-state index in [1.807, 2.05) is 36.4 Å². The summed E-state index contributed by atoms with van der Waals surface area (Å²) in [6.45, 7) is 4.52. The molecule has 0 bridgehead atoms. The molecule has 10 rings (SSSR count). The van der Waals surface area contributed by atoms with E-state index < -0.39 is 5.54 Å². The summed E-state index contributed by atoms with van der Waals surface area (Å²) in [5.41, 5.74) is 12.0. The Hall–Kier alpha value is -6.73. The second-order valence-electron chi connectivity index (χ2n) is 16.3. The summed E-state index contributed by atoms with van der Waals surface area (Å²) in [6.07, 6.45) is 21.3. The lowest BCUT2D eigenvalue weighted by molar-refractivity contribution is 0.554. The molecule has 0 spiro atoms. The molecule has 3 aliphatic carbocycles. The monoisotopic (exact) mass is 769 g/mol. The summed E-state index contributed by atoms with van der Waals surface area (Å²) >= 11 is 0. The number of fused-ring (bicyclic) bond motifs is 1. The van der Waals surface area contributed by atoms with Crippen LogP contribution in [0.3, 0.4) is 0 Å². The summed E-state index contributed by atoms with van der Waals surface area (Å²) in [5, 5.41) is 7.70. The van der Waals surface area contributed by atoms with Crippen LogP contribution in [-0.4, -0.2) is 38.2 Å². The molecule has 59 heavy (non-hydrogen) atoms. The molecule has 0 radical (unpaired) electrons. The maximum atomic E-state index is 5.54. The predicted octanol–water partition coefficient (Wildman–Crippen LogP) is 10.5. The van der Waals surface area contributed by atoms with Crippen LogP contribution in [0.25, 0.3) is 28.5 Å². The van der Waals surface area contributed by atoms with E-state index in [1.165, 1.54) is 22.4 Å². The Balaban J connectivity index is 1.12. The van der Waals surface area contributed by atoms with E-state index in [9.17, 15) is 0 Å². The third-order valence-corrected chi connectivity index (χ3v) is 11.9. The van der Waals surface area contributed by atoms with Gasteiger partial charge in [0.05, 0.1) is 0 Å². The van der Waals surface area contributed by atoms with E-state index in [-0.39, 0.29) is 6.04 Å². The van der Waals surface area contributed by atoms with Gasteiger partial charge in [-0.05, 0) is 91.0 Å². The minimum atomic E-state index is -0.487. The molecule has 5 aliphatic rings. The van der Waals surface area contributed by atoms with E-state index in [1.54, 1.807) is 0 Å². The van der Waals surface area contributed by atoms with Crippen molar-refractivity contribution in [3.8, 4) is 22.8 Å². The van der Waals surface area contributed by atoms with Crippen molar-refractivity contribution >= 4 is 17.4 Å². The number of nitrogens with one attached hydrogen (secondary N) is 2. The van der Waals surface area contributed by atoms with Crippen molar-refractivity contribution in [3.63, 3.8) is 0 Å². The van der Waals surface area contributed by atoms with E-state index in [4.69, 9.17) is 24.9 Å². The van der Waals surface area contributed by atoms with E-state index >= 15 is 0 Å². The van der Waals surface area contributed by atoms with Gasteiger partial charge in [0.1, 0.15) is 29.1 Å². The number of nitrogens with zero attached hydrogens (tertiary/aromatic N) is 5. The average molecular weight is 770 g/mol. The second-order valence-corrected chi connectivity index (χ2v) is 16.3. The van der Waals surface area contributed by atoms with Crippen LogP contribution in [0.1, 0.15) is 74.0 Å². The van der Waals surface area contributed by atoms with Crippen molar-refractivity contribution in [1.29, 1.82) is 0 Å². The van der Waals surface area contributed by atoms with Gasteiger partial charge in [0.15, 0.2) is 11.6 Å². The number of aromatic nitrogens is 3. The molecule has 290 valence electrons. The quantitative estimate of drug-likeness (QED) is 0.154. The van der Waals surface area contributed by atoms with Crippen molar-refractivity contribution in [2.75, 3.05) is 0 Å². The zero-order valence-electron chi connectivity index (χ0n) is 33.6. The first-order chi connectivity index (χ1) is 29.0. The maximum absolute atomic E-state index is 5.54. The van der Waals surface area contributed by atoms with Crippen molar-refractivity contribution in [1.82, 2.24) is 25.6 Å². The van der Waals surface area contributed by atoms with E-state index in [2.05, 4.69) is 140 Å². The molecule has 4 aromatic carbocycles. The predicted molar refractivity (Wildman–Crippen MR) is 240 cm³/mol. The molecule has 0 fully saturated rings. The van der Waals surface area contributed by atoms with Gasteiger partial charge in [-0.15, -0.1) is 0 Å². The number of rotatable bonds is 8. The molecule has 3 unspecified atom stereocenters. The maximum Gasteiger partial charge on any atom is 0.163 e. The Morgan fingerprint density at radius 2 is 1.36 bits per heavy atom. The molecule has 2 N–H and O–H groups in total. The number of aliphatic imine (C=N–C) groups is 2.